The number of rotatable bonds is 5. The largest absolute Gasteiger partial charge is 0.399 e. The molecule has 1 heterocycles. The molecule has 0 fully saturated rings. The SMILES string of the molecule is CCN(CCC#N)Cc1cc(N)ccn1. The summed E-state index contributed by atoms with van der Waals surface area (Å²) in [5.74, 6) is 0. The minimum atomic E-state index is 0.552. The van der Waals surface area contributed by atoms with Gasteiger partial charge in [0.2, 0.25) is 0 Å². The Morgan fingerprint density at radius 3 is 3.00 bits per heavy atom. The molecule has 80 valence electrons. The molecule has 0 saturated carbocycles. The van der Waals surface area contributed by atoms with Crippen LogP contribution in [0.1, 0.15) is 19.0 Å². The average molecular weight is 204 g/mol. The smallest absolute Gasteiger partial charge is 0.0635 e. The number of aromatic nitrogens is 1. The predicted molar refractivity (Wildman–Crippen MR) is 59.8 cm³/mol. The zero-order valence-electron chi connectivity index (χ0n) is 8.98. The molecular formula is C11H16N4. The van der Waals surface area contributed by atoms with Gasteiger partial charge in [0.1, 0.15) is 0 Å². The van der Waals surface area contributed by atoms with Gasteiger partial charge in [0.25, 0.3) is 0 Å². The van der Waals surface area contributed by atoms with Crippen LogP contribution >= 0.6 is 0 Å². The van der Waals surface area contributed by atoms with Gasteiger partial charge in [-0.05, 0) is 18.7 Å². The van der Waals surface area contributed by atoms with Gasteiger partial charge in [-0.2, -0.15) is 5.26 Å². The lowest BCUT2D eigenvalue weighted by Crippen LogP contribution is -2.24. The fourth-order valence-corrected chi connectivity index (χ4v) is 1.37. The molecule has 4 heteroatoms. The van der Waals surface area contributed by atoms with E-state index in [1.165, 1.54) is 0 Å². The normalized spacial score (nSPS) is 10.2. The molecule has 1 rings (SSSR count). The summed E-state index contributed by atoms with van der Waals surface area (Å²) < 4.78 is 0. The fraction of sp³-hybridized carbons (Fsp3) is 0.455. The summed E-state index contributed by atoms with van der Waals surface area (Å²) in [4.78, 5) is 6.40. The summed E-state index contributed by atoms with van der Waals surface area (Å²) in [6, 6.07) is 5.79. The second-order valence-corrected chi connectivity index (χ2v) is 3.36. The summed E-state index contributed by atoms with van der Waals surface area (Å²) in [6.45, 7) is 4.52. The molecule has 0 bridgehead atoms. The van der Waals surface area contributed by atoms with Gasteiger partial charge in [0, 0.05) is 31.4 Å². The first-order chi connectivity index (χ1) is 7.26. The number of nitrogens with two attached hydrogens (primary N) is 1. The van der Waals surface area contributed by atoms with Crippen molar-refractivity contribution in [1.29, 1.82) is 5.26 Å². The van der Waals surface area contributed by atoms with E-state index >= 15 is 0 Å². The van der Waals surface area contributed by atoms with Crippen LogP contribution < -0.4 is 5.73 Å². The topological polar surface area (TPSA) is 65.9 Å². The number of hydrogen-bond donors (Lipinski definition) is 1. The standard InChI is InChI=1S/C11H16N4/c1-2-15(7-3-5-12)9-11-8-10(13)4-6-14-11/h4,6,8H,2-3,7,9H2,1H3,(H2,13,14). The lowest BCUT2D eigenvalue weighted by molar-refractivity contribution is 0.283. The van der Waals surface area contributed by atoms with Crippen LogP contribution in [0.15, 0.2) is 18.3 Å². The lowest BCUT2D eigenvalue weighted by atomic mass is 10.3. The van der Waals surface area contributed by atoms with E-state index < -0.39 is 0 Å². The maximum Gasteiger partial charge on any atom is 0.0635 e. The van der Waals surface area contributed by atoms with Crippen molar-refractivity contribution in [3.8, 4) is 6.07 Å². The molecule has 0 amide bonds. The van der Waals surface area contributed by atoms with Gasteiger partial charge in [-0.3, -0.25) is 9.88 Å². The van der Waals surface area contributed by atoms with Gasteiger partial charge < -0.3 is 5.73 Å². The van der Waals surface area contributed by atoms with Gasteiger partial charge in [0.15, 0.2) is 0 Å². The molecule has 1 aromatic heterocycles. The number of pyridine rings is 1. The Kier molecular flexibility index (Phi) is 4.58. The van der Waals surface area contributed by atoms with Crippen molar-refractivity contribution in [2.75, 3.05) is 18.8 Å². The zero-order chi connectivity index (χ0) is 11.1. The third kappa shape index (κ3) is 3.96. The highest BCUT2D eigenvalue weighted by molar-refractivity contribution is 5.37. The van der Waals surface area contributed by atoms with E-state index in [9.17, 15) is 0 Å². The number of nitriles is 1. The lowest BCUT2D eigenvalue weighted by Gasteiger charge is -2.18. The maximum atomic E-state index is 8.51. The first-order valence-electron chi connectivity index (χ1n) is 5.06. The van der Waals surface area contributed by atoms with E-state index in [4.69, 9.17) is 11.0 Å². The van der Waals surface area contributed by atoms with Crippen molar-refractivity contribution in [3.63, 3.8) is 0 Å². The van der Waals surface area contributed by atoms with Crippen molar-refractivity contribution < 1.29 is 0 Å². The van der Waals surface area contributed by atoms with Crippen LogP contribution in [0, 0.1) is 11.3 Å². The van der Waals surface area contributed by atoms with Crippen molar-refractivity contribution >= 4 is 5.69 Å². The summed E-state index contributed by atoms with van der Waals surface area (Å²) >= 11 is 0. The summed E-state index contributed by atoms with van der Waals surface area (Å²) in [5, 5.41) is 8.51. The first-order valence-corrected chi connectivity index (χ1v) is 5.06. The minimum absolute atomic E-state index is 0.552. The molecule has 0 atom stereocenters. The number of nitrogens with zero attached hydrogens (tertiary/aromatic N) is 3. The number of anilines is 1. The van der Waals surface area contributed by atoms with E-state index in [1.54, 1.807) is 12.3 Å². The van der Waals surface area contributed by atoms with Crippen molar-refractivity contribution in [3.05, 3.63) is 24.0 Å². The van der Waals surface area contributed by atoms with Gasteiger partial charge in [0.05, 0.1) is 11.8 Å². The molecule has 4 nitrogen and oxygen atoms in total. The molecule has 0 aliphatic rings. The van der Waals surface area contributed by atoms with Crippen LogP contribution in [0.25, 0.3) is 0 Å². The van der Waals surface area contributed by atoms with Gasteiger partial charge in [-0.25, -0.2) is 0 Å². The molecule has 0 saturated heterocycles. The Morgan fingerprint density at radius 1 is 1.60 bits per heavy atom. The molecule has 2 N–H and O–H groups in total. The molecule has 0 radical (unpaired) electrons. The van der Waals surface area contributed by atoms with Crippen LogP contribution in [0.2, 0.25) is 0 Å². The Hall–Kier alpha value is -1.60. The number of nitrogen functional groups attached to an aromatic ring is 1. The summed E-state index contributed by atoms with van der Waals surface area (Å²) in [6.07, 6.45) is 2.26. The minimum Gasteiger partial charge on any atom is -0.399 e. The quantitative estimate of drug-likeness (QED) is 0.787. The molecular weight excluding hydrogens is 188 g/mol. The van der Waals surface area contributed by atoms with Crippen molar-refractivity contribution in [2.45, 2.75) is 19.9 Å². The van der Waals surface area contributed by atoms with Crippen molar-refractivity contribution in [2.24, 2.45) is 0 Å². The van der Waals surface area contributed by atoms with Crippen LogP contribution in [-0.2, 0) is 6.54 Å². The van der Waals surface area contributed by atoms with E-state index in [0.717, 1.165) is 31.0 Å². The molecule has 0 aliphatic heterocycles. The molecule has 1 aromatic rings. The van der Waals surface area contributed by atoms with Gasteiger partial charge >= 0.3 is 0 Å². The summed E-state index contributed by atoms with van der Waals surface area (Å²) in [5.41, 5.74) is 7.35. The predicted octanol–water partition coefficient (Wildman–Crippen LogP) is 1.40. The second kappa shape index (κ2) is 5.99. The molecule has 0 spiro atoms. The third-order valence-electron chi connectivity index (χ3n) is 2.21. The zero-order valence-corrected chi connectivity index (χ0v) is 8.98. The molecule has 0 unspecified atom stereocenters. The average Bonchev–Trinajstić information content (AvgIpc) is 2.24. The molecule has 0 aromatic carbocycles. The monoisotopic (exact) mass is 204 g/mol. The molecule has 15 heavy (non-hydrogen) atoms. The van der Waals surface area contributed by atoms with Crippen LogP contribution in [0.4, 0.5) is 5.69 Å². The van der Waals surface area contributed by atoms with Gasteiger partial charge in [-0.15, -0.1) is 0 Å². The highest BCUT2D eigenvalue weighted by atomic mass is 15.1. The Labute approximate surface area is 90.3 Å². The third-order valence-corrected chi connectivity index (χ3v) is 2.21. The van der Waals surface area contributed by atoms with E-state index in [2.05, 4.69) is 22.9 Å². The summed E-state index contributed by atoms with van der Waals surface area (Å²) in [7, 11) is 0. The van der Waals surface area contributed by atoms with Crippen LogP contribution in [0.3, 0.4) is 0 Å². The van der Waals surface area contributed by atoms with E-state index in [0.29, 0.717) is 6.42 Å². The van der Waals surface area contributed by atoms with Crippen LogP contribution in [-0.4, -0.2) is 23.0 Å². The van der Waals surface area contributed by atoms with E-state index in [-0.39, 0.29) is 0 Å². The van der Waals surface area contributed by atoms with Crippen LogP contribution in [0.5, 0.6) is 0 Å². The van der Waals surface area contributed by atoms with Gasteiger partial charge in [-0.1, -0.05) is 6.92 Å². The maximum absolute atomic E-state index is 8.51. The second-order valence-electron chi connectivity index (χ2n) is 3.36. The van der Waals surface area contributed by atoms with Crippen molar-refractivity contribution in [1.82, 2.24) is 9.88 Å². The fourth-order valence-electron chi connectivity index (χ4n) is 1.37. The highest BCUT2D eigenvalue weighted by Gasteiger charge is 2.04. The molecule has 0 aliphatic carbocycles. The number of hydrogen-bond acceptors (Lipinski definition) is 4. The Bertz CT molecular complexity index is 343. The Morgan fingerprint density at radius 2 is 2.40 bits per heavy atom. The first kappa shape index (κ1) is 11.5. The Balaban J connectivity index is 2.55. The van der Waals surface area contributed by atoms with E-state index in [1.807, 2.05) is 6.07 Å². The highest BCUT2D eigenvalue weighted by Crippen LogP contribution is 2.06.